The molecule has 1 N–H and O–H groups in total. The Bertz CT molecular complexity index is 303. The van der Waals surface area contributed by atoms with Crippen LogP contribution in [0.15, 0.2) is 18.5 Å². The van der Waals surface area contributed by atoms with Gasteiger partial charge < -0.3 is 5.32 Å². The van der Waals surface area contributed by atoms with Gasteiger partial charge in [0.2, 0.25) is 0 Å². The molecule has 0 unspecified atom stereocenters. The van der Waals surface area contributed by atoms with E-state index in [4.69, 9.17) is 0 Å². The van der Waals surface area contributed by atoms with Gasteiger partial charge in [0, 0.05) is 32.0 Å². The molecule has 0 atom stereocenters. The molecule has 1 aliphatic rings. The molecule has 0 bridgehead atoms. The number of nitrogens with one attached hydrogen (secondary N) is 1. The van der Waals surface area contributed by atoms with Crippen LogP contribution in [0.4, 0.5) is 0 Å². The first kappa shape index (κ1) is 10.6. The predicted octanol–water partition coefficient (Wildman–Crippen LogP) is 1.19. The van der Waals surface area contributed by atoms with Gasteiger partial charge in [-0.1, -0.05) is 6.07 Å². The number of nitrogens with zero attached hydrogens (tertiary/aromatic N) is 2. The number of aryl methyl sites for hydroxylation is 1. The third-order valence-electron chi connectivity index (χ3n) is 2.77. The molecule has 0 saturated carbocycles. The first-order valence-electron chi connectivity index (χ1n) is 5.68. The zero-order valence-electron chi connectivity index (χ0n) is 9.37. The van der Waals surface area contributed by atoms with Crippen LogP contribution in [-0.4, -0.2) is 36.1 Å². The van der Waals surface area contributed by atoms with Gasteiger partial charge in [0.25, 0.3) is 0 Å². The summed E-state index contributed by atoms with van der Waals surface area (Å²) < 4.78 is 0. The maximum atomic E-state index is 4.23. The summed E-state index contributed by atoms with van der Waals surface area (Å²) in [5.74, 6) is 0. The van der Waals surface area contributed by atoms with Crippen molar-refractivity contribution in [2.75, 3.05) is 26.2 Å². The van der Waals surface area contributed by atoms with E-state index >= 15 is 0 Å². The molecule has 1 aromatic rings. The Hall–Kier alpha value is -0.930. The van der Waals surface area contributed by atoms with Gasteiger partial charge >= 0.3 is 0 Å². The highest BCUT2D eigenvalue weighted by atomic mass is 15.1. The summed E-state index contributed by atoms with van der Waals surface area (Å²) >= 11 is 0. The number of pyridine rings is 1. The van der Waals surface area contributed by atoms with E-state index in [-0.39, 0.29) is 0 Å². The van der Waals surface area contributed by atoms with Crippen molar-refractivity contribution in [2.24, 2.45) is 0 Å². The van der Waals surface area contributed by atoms with Crippen molar-refractivity contribution in [1.82, 2.24) is 15.2 Å². The third kappa shape index (κ3) is 3.29. The van der Waals surface area contributed by atoms with Gasteiger partial charge in [-0.3, -0.25) is 9.88 Å². The molecule has 0 aromatic carbocycles. The van der Waals surface area contributed by atoms with E-state index in [0.29, 0.717) is 0 Å². The standard InChI is InChI=1S/C12H19N3/c1-11-7-12(9-14-8-11)10-15-5-2-3-13-4-6-15/h7-9,13H,2-6,10H2,1H3. The van der Waals surface area contributed by atoms with Gasteiger partial charge in [0.15, 0.2) is 0 Å². The number of rotatable bonds is 2. The second-order valence-electron chi connectivity index (χ2n) is 4.25. The van der Waals surface area contributed by atoms with E-state index in [2.05, 4.69) is 28.2 Å². The van der Waals surface area contributed by atoms with Crippen molar-refractivity contribution in [1.29, 1.82) is 0 Å². The average Bonchev–Trinajstić information content (AvgIpc) is 2.46. The first-order valence-corrected chi connectivity index (χ1v) is 5.68. The molecule has 2 heterocycles. The minimum Gasteiger partial charge on any atom is -0.315 e. The summed E-state index contributed by atoms with van der Waals surface area (Å²) in [6.07, 6.45) is 5.14. The summed E-state index contributed by atoms with van der Waals surface area (Å²) in [5, 5.41) is 3.42. The largest absolute Gasteiger partial charge is 0.315 e. The Balaban J connectivity index is 1.95. The highest BCUT2D eigenvalue weighted by Gasteiger charge is 2.08. The monoisotopic (exact) mass is 205 g/mol. The smallest absolute Gasteiger partial charge is 0.0313 e. The summed E-state index contributed by atoms with van der Waals surface area (Å²) in [4.78, 5) is 6.73. The predicted molar refractivity (Wildman–Crippen MR) is 61.7 cm³/mol. The Labute approximate surface area is 91.5 Å². The highest BCUT2D eigenvalue weighted by Crippen LogP contribution is 2.06. The molecule has 15 heavy (non-hydrogen) atoms. The minimum atomic E-state index is 1.04. The molecule has 3 heteroatoms. The number of hydrogen-bond donors (Lipinski definition) is 1. The zero-order chi connectivity index (χ0) is 10.5. The van der Waals surface area contributed by atoms with Gasteiger partial charge in [-0.15, -0.1) is 0 Å². The van der Waals surface area contributed by atoms with Crippen LogP contribution in [0, 0.1) is 6.92 Å². The molecule has 0 spiro atoms. The topological polar surface area (TPSA) is 28.2 Å². The molecule has 3 nitrogen and oxygen atoms in total. The molecule has 1 aromatic heterocycles. The van der Waals surface area contributed by atoms with Crippen LogP contribution >= 0.6 is 0 Å². The van der Waals surface area contributed by atoms with Crippen LogP contribution in [-0.2, 0) is 6.54 Å². The lowest BCUT2D eigenvalue weighted by Gasteiger charge is -2.19. The van der Waals surface area contributed by atoms with Crippen molar-refractivity contribution < 1.29 is 0 Å². The van der Waals surface area contributed by atoms with Gasteiger partial charge in [-0.25, -0.2) is 0 Å². The van der Waals surface area contributed by atoms with Crippen molar-refractivity contribution in [2.45, 2.75) is 19.9 Å². The zero-order valence-corrected chi connectivity index (χ0v) is 9.37. The summed E-state index contributed by atoms with van der Waals surface area (Å²) in [7, 11) is 0. The van der Waals surface area contributed by atoms with Crippen molar-refractivity contribution in [3.8, 4) is 0 Å². The molecule has 2 rings (SSSR count). The quantitative estimate of drug-likeness (QED) is 0.786. The molecular formula is C12H19N3. The molecule has 1 saturated heterocycles. The van der Waals surface area contributed by atoms with E-state index in [0.717, 1.165) is 26.2 Å². The summed E-state index contributed by atoms with van der Waals surface area (Å²) in [6, 6.07) is 2.23. The van der Waals surface area contributed by atoms with E-state index in [1.807, 2.05) is 12.4 Å². The maximum Gasteiger partial charge on any atom is 0.0313 e. The van der Waals surface area contributed by atoms with Crippen LogP contribution in [0.1, 0.15) is 17.5 Å². The second-order valence-corrected chi connectivity index (χ2v) is 4.25. The minimum absolute atomic E-state index is 1.04. The Kier molecular flexibility index (Phi) is 3.69. The average molecular weight is 205 g/mol. The van der Waals surface area contributed by atoms with Crippen LogP contribution in [0.3, 0.4) is 0 Å². The highest BCUT2D eigenvalue weighted by molar-refractivity contribution is 5.16. The molecule has 0 aliphatic carbocycles. The summed E-state index contributed by atoms with van der Waals surface area (Å²) in [5.41, 5.74) is 2.58. The fourth-order valence-corrected chi connectivity index (χ4v) is 2.02. The first-order chi connectivity index (χ1) is 7.34. The Morgan fingerprint density at radius 2 is 2.27 bits per heavy atom. The molecule has 0 radical (unpaired) electrons. The lowest BCUT2D eigenvalue weighted by molar-refractivity contribution is 0.284. The molecular weight excluding hydrogens is 186 g/mol. The van der Waals surface area contributed by atoms with Crippen LogP contribution < -0.4 is 5.32 Å². The second kappa shape index (κ2) is 5.24. The Morgan fingerprint density at radius 3 is 3.13 bits per heavy atom. The van der Waals surface area contributed by atoms with E-state index in [1.165, 1.54) is 24.1 Å². The van der Waals surface area contributed by atoms with Crippen molar-refractivity contribution in [3.63, 3.8) is 0 Å². The van der Waals surface area contributed by atoms with E-state index in [9.17, 15) is 0 Å². The third-order valence-corrected chi connectivity index (χ3v) is 2.77. The van der Waals surface area contributed by atoms with Gasteiger partial charge in [-0.05, 0) is 37.6 Å². The summed E-state index contributed by atoms with van der Waals surface area (Å²) in [6.45, 7) is 7.74. The normalized spacial score (nSPS) is 18.7. The van der Waals surface area contributed by atoms with Gasteiger partial charge in [-0.2, -0.15) is 0 Å². The Morgan fingerprint density at radius 1 is 1.33 bits per heavy atom. The maximum absolute atomic E-state index is 4.23. The van der Waals surface area contributed by atoms with Crippen LogP contribution in [0.2, 0.25) is 0 Å². The molecule has 0 amide bonds. The van der Waals surface area contributed by atoms with Gasteiger partial charge in [0.05, 0.1) is 0 Å². The fraction of sp³-hybridized carbons (Fsp3) is 0.583. The number of hydrogen-bond acceptors (Lipinski definition) is 3. The molecule has 82 valence electrons. The van der Waals surface area contributed by atoms with E-state index < -0.39 is 0 Å². The van der Waals surface area contributed by atoms with E-state index in [1.54, 1.807) is 0 Å². The fourth-order valence-electron chi connectivity index (χ4n) is 2.02. The van der Waals surface area contributed by atoms with Crippen molar-refractivity contribution in [3.05, 3.63) is 29.6 Å². The SMILES string of the molecule is Cc1cncc(CN2CCCNCC2)c1. The van der Waals surface area contributed by atoms with Crippen LogP contribution in [0.5, 0.6) is 0 Å². The lowest BCUT2D eigenvalue weighted by atomic mass is 10.2. The van der Waals surface area contributed by atoms with Crippen LogP contribution in [0.25, 0.3) is 0 Å². The van der Waals surface area contributed by atoms with Gasteiger partial charge in [0.1, 0.15) is 0 Å². The molecule has 1 aliphatic heterocycles. The number of aromatic nitrogens is 1. The van der Waals surface area contributed by atoms with Crippen molar-refractivity contribution >= 4 is 0 Å². The lowest BCUT2D eigenvalue weighted by Crippen LogP contribution is -2.27. The molecule has 1 fully saturated rings.